The van der Waals surface area contributed by atoms with Gasteiger partial charge in [0.25, 0.3) is 0 Å². The molecule has 0 aromatic heterocycles. The summed E-state index contributed by atoms with van der Waals surface area (Å²) in [6, 6.07) is 0. The molecule has 0 aromatic rings. The largest absolute Gasteiger partial charge is 0.512 e. The highest BCUT2D eigenvalue weighted by Gasteiger charge is 2.33. The maximum absolute atomic E-state index is 9.72. The van der Waals surface area contributed by atoms with Gasteiger partial charge in [-0.05, 0) is 43.1 Å². The zero-order valence-electron chi connectivity index (χ0n) is 9.43. The van der Waals surface area contributed by atoms with E-state index in [1.807, 2.05) is 6.92 Å². The van der Waals surface area contributed by atoms with Gasteiger partial charge in [0.2, 0.25) is 0 Å². The molecule has 1 unspecified atom stereocenters. The van der Waals surface area contributed by atoms with E-state index in [4.69, 9.17) is 0 Å². The fraction of sp³-hybridized carbons (Fsp3) is 0.692. The second-order valence-corrected chi connectivity index (χ2v) is 5.62. The predicted molar refractivity (Wildman–Crippen MR) is 59.2 cm³/mol. The maximum Gasteiger partial charge on any atom is 0.0957 e. The maximum atomic E-state index is 9.72. The fourth-order valence-electron chi connectivity index (χ4n) is 2.74. The Labute approximate surface area is 86.5 Å². The summed E-state index contributed by atoms with van der Waals surface area (Å²) in [5.74, 6) is 1.22. The molecule has 1 fully saturated rings. The summed E-state index contributed by atoms with van der Waals surface area (Å²) in [6.07, 6.45) is 6.83. The van der Waals surface area contributed by atoms with Crippen molar-refractivity contribution in [3.8, 4) is 0 Å². The third-order valence-corrected chi connectivity index (χ3v) is 3.71. The lowest BCUT2D eigenvalue weighted by Crippen LogP contribution is -2.26. The van der Waals surface area contributed by atoms with Crippen molar-refractivity contribution in [2.24, 2.45) is 11.3 Å². The van der Waals surface area contributed by atoms with Gasteiger partial charge < -0.3 is 5.11 Å². The molecule has 0 heterocycles. The van der Waals surface area contributed by atoms with Crippen molar-refractivity contribution in [3.63, 3.8) is 0 Å². The van der Waals surface area contributed by atoms with Crippen molar-refractivity contribution in [3.05, 3.63) is 23.0 Å². The van der Waals surface area contributed by atoms with Gasteiger partial charge in [-0.3, -0.25) is 0 Å². The molecule has 1 N–H and O–H groups in total. The molecule has 14 heavy (non-hydrogen) atoms. The smallest absolute Gasteiger partial charge is 0.0957 e. The molecule has 0 bridgehead atoms. The first-order valence-electron chi connectivity index (χ1n) is 5.57. The normalized spacial score (nSPS) is 31.1. The number of allylic oxidation sites excluding steroid dienone is 4. The fourth-order valence-corrected chi connectivity index (χ4v) is 2.74. The monoisotopic (exact) mass is 192 g/mol. The Kier molecular flexibility index (Phi) is 2.21. The van der Waals surface area contributed by atoms with E-state index < -0.39 is 0 Å². The van der Waals surface area contributed by atoms with Gasteiger partial charge >= 0.3 is 0 Å². The third-order valence-electron chi connectivity index (χ3n) is 3.71. The first-order valence-corrected chi connectivity index (χ1v) is 5.57. The highest BCUT2D eigenvalue weighted by Crippen LogP contribution is 2.45. The Morgan fingerprint density at radius 2 is 2.14 bits per heavy atom. The average molecular weight is 192 g/mol. The van der Waals surface area contributed by atoms with Crippen LogP contribution in [0.3, 0.4) is 0 Å². The Bertz CT molecular complexity index is 307. The van der Waals surface area contributed by atoms with Gasteiger partial charge in [0.05, 0.1) is 5.76 Å². The molecule has 1 nitrogen and oxygen atoms in total. The molecule has 0 saturated heterocycles. The molecule has 0 aromatic carbocycles. The lowest BCUT2D eigenvalue weighted by molar-refractivity contribution is 0.208. The Morgan fingerprint density at radius 1 is 1.43 bits per heavy atom. The van der Waals surface area contributed by atoms with Crippen LogP contribution in [0.2, 0.25) is 0 Å². The molecular formula is C13H20O. The molecule has 2 aliphatic carbocycles. The molecule has 0 radical (unpaired) electrons. The SMILES string of the molecule is CC1=C(O)CC2CC(C)(C)CCC2=C1. The number of hydrogen-bond acceptors (Lipinski definition) is 1. The van der Waals surface area contributed by atoms with Gasteiger partial charge in [-0.25, -0.2) is 0 Å². The van der Waals surface area contributed by atoms with E-state index in [2.05, 4.69) is 19.9 Å². The Hall–Kier alpha value is -0.720. The van der Waals surface area contributed by atoms with E-state index in [-0.39, 0.29) is 0 Å². The van der Waals surface area contributed by atoms with E-state index in [1.54, 1.807) is 5.57 Å². The molecule has 1 heteroatoms. The van der Waals surface area contributed by atoms with Crippen molar-refractivity contribution in [2.45, 2.75) is 46.5 Å². The number of aliphatic hydroxyl groups is 1. The van der Waals surface area contributed by atoms with Gasteiger partial charge in [-0.1, -0.05) is 25.5 Å². The summed E-state index contributed by atoms with van der Waals surface area (Å²) < 4.78 is 0. The topological polar surface area (TPSA) is 20.2 Å². The Morgan fingerprint density at radius 3 is 2.86 bits per heavy atom. The van der Waals surface area contributed by atoms with Crippen LogP contribution in [0, 0.1) is 11.3 Å². The van der Waals surface area contributed by atoms with Crippen LogP contribution in [-0.2, 0) is 0 Å². The van der Waals surface area contributed by atoms with Gasteiger partial charge in [-0.2, -0.15) is 0 Å². The molecule has 0 spiro atoms. The third kappa shape index (κ3) is 1.73. The molecule has 1 saturated carbocycles. The van der Waals surface area contributed by atoms with Crippen molar-refractivity contribution in [1.82, 2.24) is 0 Å². The lowest BCUT2D eigenvalue weighted by atomic mass is 9.67. The van der Waals surface area contributed by atoms with Crippen LogP contribution in [-0.4, -0.2) is 5.11 Å². The zero-order valence-corrected chi connectivity index (χ0v) is 9.43. The minimum atomic E-state index is 0.466. The standard InChI is InChI=1S/C13H20O/c1-9-6-10-4-5-13(2,3)8-11(10)7-12(9)14/h6,11,14H,4-5,7-8H2,1-3H3. The second kappa shape index (κ2) is 3.15. The van der Waals surface area contributed by atoms with E-state index in [0.717, 1.165) is 12.0 Å². The highest BCUT2D eigenvalue weighted by molar-refractivity contribution is 5.32. The predicted octanol–water partition coefficient (Wildman–Crippen LogP) is 3.97. The summed E-state index contributed by atoms with van der Waals surface area (Å²) in [4.78, 5) is 0. The first-order chi connectivity index (χ1) is 6.48. The van der Waals surface area contributed by atoms with Gasteiger partial charge in [0.15, 0.2) is 0 Å². The summed E-state index contributed by atoms with van der Waals surface area (Å²) in [6.45, 7) is 6.69. The van der Waals surface area contributed by atoms with Crippen LogP contribution >= 0.6 is 0 Å². The molecule has 78 valence electrons. The van der Waals surface area contributed by atoms with Crippen molar-refractivity contribution in [2.75, 3.05) is 0 Å². The summed E-state index contributed by atoms with van der Waals surface area (Å²) in [7, 11) is 0. The Balaban J connectivity index is 2.21. The number of fused-ring (bicyclic) bond motifs is 1. The van der Waals surface area contributed by atoms with Crippen LogP contribution in [0.5, 0.6) is 0 Å². The number of rotatable bonds is 0. The zero-order chi connectivity index (χ0) is 10.3. The van der Waals surface area contributed by atoms with E-state index in [1.165, 1.54) is 19.3 Å². The molecule has 2 aliphatic rings. The molecule has 0 aliphatic heterocycles. The number of aliphatic hydroxyl groups excluding tert-OH is 1. The van der Waals surface area contributed by atoms with Gasteiger partial charge in [0.1, 0.15) is 0 Å². The molecule has 0 amide bonds. The van der Waals surface area contributed by atoms with Gasteiger partial charge in [0, 0.05) is 6.42 Å². The minimum Gasteiger partial charge on any atom is -0.512 e. The van der Waals surface area contributed by atoms with Gasteiger partial charge in [-0.15, -0.1) is 0 Å². The van der Waals surface area contributed by atoms with Crippen LogP contribution < -0.4 is 0 Å². The molecule has 2 rings (SSSR count). The average Bonchev–Trinajstić information content (AvgIpc) is 2.07. The quantitative estimate of drug-likeness (QED) is 0.615. The summed E-state index contributed by atoms with van der Waals surface area (Å²) >= 11 is 0. The summed E-state index contributed by atoms with van der Waals surface area (Å²) in [5, 5.41) is 9.72. The summed E-state index contributed by atoms with van der Waals surface area (Å²) in [5.41, 5.74) is 3.11. The van der Waals surface area contributed by atoms with Crippen molar-refractivity contribution < 1.29 is 5.11 Å². The molecular weight excluding hydrogens is 172 g/mol. The number of hydrogen-bond donors (Lipinski definition) is 1. The van der Waals surface area contributed by atoms with Crippen molar-refractivity contribution >= 4 is 0 Å². The van der Waals surface area contributed by atoms with Crippen LogP contribution in [0.1, 0.15) is 46.5 Å². The van der Waals surface area contributed by atoms with E-state index in [9.17, 15) is 5.11 Å². The minimum absolute atomic E-state index is 0.466. The first kappa shape index (κ1) is 9.82. The van der Waals surface area contributed by atoms with E-state index in [0.29, 0.717) is 17.1 Å². The van der Waals surface area contributed by atoms with Crippen LogP contribution in [0.4, 0.5) is 0 Å². The van der Waals surface area contributed by atoms with E-state index >= 15 is 0 Å². The van der Waals surface area contributed by atoms with Crippen LogP contribution in [0.15, 0.2) is 23.0 Å². The highest BCUT2D eigenvalue weighted by atomic mass is 16.3. The van der Waals surface area contributed by atoms with Crippen LogP contribution in [0.25, 0.3) is 0 Å². The second-order valence-electron chi connectivity index (χ2n) is 5.62. The lowest BCUT2D eigenvalue weighted by Gasteiger charge is -2.38. The van der Waals surface area contributed by atoms with Crippen molar-refractivity contribution in [1.29, 1.82) is 0 Å². The molecule has 1 atom stereocenters.